The number of anilines is 1. The Labute approximate surface area is 73.4 Å². The fraction of sp³-hybridized carbons (Fsp3) is 0. The quantitative estimate of drug-likeness (QED) is 0.624. The molecule has 2 rings (SSSR count). The summed E-state index contributed by atoms with van der Waals surface area (Å²) in [6, 6.07) is 5.81. The molecule has 0 aliphatic heterocycles. The number of hydrogen-bond acceptors (Lipinski definition) is 2. The summed E-state index contributed by atoms with van der Waals surface area (Å²) >= 11 is 7.52. The summed E-state index contributed by atoms with van der Waals surface area (Å²) in [5.41, 5.74) is 6.48. The highest BCUT2D eigenvalue weighted by molar-refractivity contribution is 7.18. The van der Waals surface area contributed by atoms with Crippen molar-refractivity contribution in [3.8, 4) is 0 Å². The topological polar surface area (TPSA) is 26.0 Å². The highest BCUT2D eigenvalue weighted by Gasteiger charge is 2.03. The highest BCUT2D eigenvalue weighted by atomic mass is 35.5. The van der Waals surface area contributed by atoms with Crippen LogP contribution < -0.4 is 5.73 Å². The first-order valence-electron chi connectivity index (χ1n) is 3.20. The largest absolute Gasteiger partial charge is 0.398 e. The molecule has 56 valence electrons. The van der Waals surface area contributed by atoms with E-state index in [4.69, 9.17) is 17.3 Å². The third-order valence-electron chi connectivity index (χ3n) is 1.59. The second-order valence-electron chi connectivity index (χ2n) is 2.30. The van der Waals surface area contributed by atoms with E-state index in [0.717, 1.165) is 20.8 Å². The Balaban J connectivity index is 2.96. The summed E-state index contributed by atoms with van der Waals surface area (Å²) in [5.74, 6) is 0. The van der Waals surface area contributed by atoms with Gasteiger partial charge in [0.25, 0.3) is 0 Å². The highest BCUT2D eigenvalue weighted by Crippen LogP contribution is 2.33. The molecule has 0 saturated heterocycles. The fourth-order valence-corrected chi connectivity index (χ4v) is 2.33. The van der Waals surface area contributed by atoms with E-state index in [1.54, 1.807) is 11.3 Å². The maximum absolute atomic E-state index is 5.91. The monoisotopic (exact) mass is 183 g/mol. The molecule has 0 atom stereocenters. The number of nitrogens with two attached hydrogens (primary N) is 1. The second kappa shape index (κ2) is 2.40. The van der Waals surface area contributed by atoms with E-state index in [1.807, 2.05) is 23.6 Å². The van der Waals surface area contributed by atoms with Crippen molar-refractivity contribution in [1.82, 2.24) is 0 Å². The van der Waals surface area contributed by atoms with E-state index in [1.165, 1.54) is 0 Å². The first-order valence-corrected chi connectivity index (χ1v) is 4.46. The van der Waals surface area contributed by atoms with Gasteiger partial charge in [-0.05, 0) is 12.1 Å². The lowest BCUT2D eigenvalue weighted by Gasteiger charge is -1.94. The van der Waals surface area contributed by atoms with Crippen LogP contribution in [-0.2, 0) is 0 Å². The normalized spacial score (nSPS) is 10.6. The Hall–Kier alpha value is -0.730. The predicted molar refractivity (Wildman–Crippen MR) is 51.2 cm³/mol. The van der Waals surface area contributed by atoms with Crippen molar-refractivity contribution >= 4 is 38.7 Å². The number of benzene rings is 1. The van der Waals surface area contributed by atoms with E-state index in [-0.39, 0.29) is 0 Å². The van der Waals surface area contributed by atoms with Gasteiger partial charge in [0.2, 0.25) is 0 Å². The van der Waals surface area contributed by atoms with Crippen LogP contribution in [0.4, 0.5) is 5.69 Å². The summed E-state index contributed by atoms with van der Waals surface area (Å²) in [6.07, 6.45) is 0. The van der Waals surface area contributed by atoms with Gasteiger partial charge in [0.15, 0.2) is 0 Å². The maximum atomic E-state index is 5.91. The molecule has 2 aromatic rings. The van der Waals surface area contributed by atoms with E-state index < -0.39 is 0 Å². The van der Waals surface area contributed by atoms with Crippen LogP contribution in [0.1, 0.15) is 0 Å². The minimum absolute atomic E-state index is 0.753. The first kappa shape index (κ1) is 6.95. The zero-order chi connectivity index (χ0) is 7.84. The van der Waals surface area contributed by atoms with Crippen LogP contribution in [0.25, 0.3) is 10.1 Å². The molecule has 11 heavy (non-hydrogen) atoms. The molecule has 0 aliphatic carbocycles. The smallest absolute Gasteiger partial charge is 0.0612 e. The maximum Gasteiger partial charge on any atom is 0.0612 e. The lowest BCUT2D eigenvalue weighted by Crippen LogP contribution is -1.83. The lowest BCUT2D eigenvalue weighted by atomic mass is 10.2. The molecule has 2 N–H and O–H groups in total. The van der Waals surface area contributed by atoms with Crippen molar-refractivity contribution in [2.75, 3.05) is 5.73 Å². The fourth-order valence-electron chi connectivity index (χ4n) is 1.08. The van der Waals surface area contributed by atoms with Crippen LogP contribution in [0.5, 0.6) is 0 Å². The molecule has 0 radical (unpaired) electrons. The van der Waals surface area contributed by atoms with Gasteiger partial charge in [-0.3, -0.25) is 0 Å². The Morgan fingerprint density at radius 2 is 2.18 bits per heavy atom. The average molecular weight is 184 g/mol. The van der Waals surface area contributed by atoms with Gasteiger partial charge in [0.05, 0.1) is 5.02 Å². The van der Waals surface area contributed by atoms with Gasteiger partial charge in [-0.25, -0.2) is 0 Å². The minimum Gasteiger partial charge on any atom is -0.398 e. The van der Waals surface area contributed by atoms with Crippen LogP contribution in [0.3, 0.4) is 0 Å². The molecule has 0 fully saturated rings. The van der Waals surface area contributed by atoms with E-state index in [2.05, 4.69) is 0 Å². The lowest BCUT2D eigenvalue weighted by molar-refractivity contribution is 1.80. The van der Waals surface area contributed by atoms with Crippen LogP contribution in [0.15, 0.2) is 23.6 Å². The molecule has 0 saturated carbocycles. The van der Waals surface area contributed by atoms with Crippen molar-refractivity contribution in [2.24, 2.45) is 0 Å². The number of fused-ring (bicyclic) bond motifs is 1. The van der Waals surface area contributed by atoms with Crippen molar-refractivity contribution in [1.29, 1.82) is 0 Å². The predicted octanol–water partition coefficient (Wildman–Crippen LogP) is 3.14. The van der Waals surface area contributed by atoms with Gasteiger partial charge in [-0.1, -0.05) is 17.7 Å². The summed E-state index contributed by atoms with van der Waals surface area (Å²) in [7, 11) is 0. The van der Waals surface area contributed by atoms with Crippen LogP contribution in [-0.4, -0.2) is 0 Å². The van der Waals surface area contributed by atoms with Gasteiger partial charge in [-0.2, -0.15) is 0 Å². The molecule has 0 spiro atoms. The number of thiophene rings is 1. The molecule has 1 aromatic heterocycles. The van der Waals surface area contributed by atoms with E-state index in [0.29, 0.717) is 0 Å². The number of halogens is 1. The molecule has 0 aliphatic rings. The summed E-state index contributed by atoms with van der Waals surface area (Å²) < 4.78 is 1.15. The molecule has 3 heteroatoms. The molecule has 0 amide bonds. The van der Waals surface area contributed by atoms with Crippen molar-refractivity contribution in [3.05, 3.63) is 28.6 Å². The minimum atomic E-state index is 0.753. The van der Waals surface area contributed by atoms with Crippen molar-refractivity contribution < 1.29 is 0 Å². The SMILES string of the molecule is Nc1cccc2scc(Cl)c12. The van der Waals surface area contributed by atoms with Crippen LogP contribution >= 0.6 is 22.9 Å². The first-order chi connectivity index (χ1) is 5.29. The van der Waals surface area contributed by atoms with Gasteiger partial charge in [0.1, 0.15) is 0 Å². The molecule has 1 nitrogen and oxygen atoms in total. The van der Waals surface area contributed by atoms with Crippen LogP contribution in [0, 0.1) is 0 Å². The average Bonchev–Trinajstić information content (AvgIpc) is 2.34. The third kappa shape index (κ3) is 0.988. The van der Waals surface area contributed by atoms with Gasteiger partial charge >= 0.3 is 0 Å². The number of rotatable bonds is 0. The Morgan fingerprint density at radius 3 is 2.91 bits per heavy atom. The number of nitrogen functional groups attached to an aromatic ring is 1. The van der Waals surface area contributed by atoms with Gasteiger partial charge < -0.3 is 5.73 Å². The molecular formula is C8H6ClNS. The zero-order valence-corrected chi connectivity index (χ0v) is 7.25. The second-order valence-corrected chi connectivity index (χ2v) is 3.62. The molecule has 1 heterocycles. The van der Waals surface area contributed by atoms with Crippen LogP contribution in [0.2, 0.25) is 5.02 Å². The molecule has 0 bridgehead atoms. The van der Waals surface area contributed by atoms with Gasteiger partial charge in [-0.15, -0.1) is 11.3 Å². The summed E-state index contributed by atoms with van der Waals surface area (Å²) in [5, 5.41) is 3.64. The molecule has 1 aromatic carbocycles. The van der Waals surface area contributed by atoms with E-state index >= 15 is 0 Å². The summed E-state index contributed by atoms with van der Waals surface area (Å²) in [6.45, 7) is 0. The van der Waals surface area contributed by atoms with Crippen molar-refractivity contribution in [3.63, 3.8) is 0 Å². The third-order valence-corrected chi connectivity index (χ3v) is 2.96. The molecular weight excluding hydrogens is 178 g/mol. The number of hydrogen-bond donors (Lipinski definition) is 1. The van der Waals surface area contributed by atoms with E-state index in [9.17, 15) is 0 Å². The zero-order valence-electron chi connectivity index (χ0n) is 5.67. The van der Waals surface area contributed by atoms with Crippen molar-refractivity contribution in [2.45, 2.75) is 0 Å². The van der Waals surface area contributed by atoms with Gasteiger partial charge in [0, 0.05) is 21.2 Å². The standard InChI is InChI=1S/C8H6ClNS/c9-5-4-11-7-3-1-2-6(10)8(5)7/h1-4H,10H2. The molecule has 0 unspecified atom stereocenters. The summed E-state index contributed by atoms with van der Waals surface area (Å²) in [4.78, 5) is 0. The Bertz CT molecular complexity index is 394. The Morgan fingerprint density at radius 1 is 1.36 bits per heavy atom. The Kier molecular flexibility index (Phi) is 1.51.